The van der Waals surface area contributed by atoms with Gasteiger partial charge in [0.1, 0.15) is 0 Å². The van der Waals surface area contributed by atoms with Crippen LogP contribution in [0.1, 0.15) is 5.56 Å². The van der Waals surface area contributed by atoms with E-state index in [0.29, 0.717) is 11.6 Å². The van der Waals surface area contributed by atoms with Crippen LogP contribution in [0.15, 0.2) is 54.6 Å². The molecule has 5 heteroatoms. The van der Waals surface area contributed by atoms with Gasteiger partial charge in [-0.3, -0.25) is 0 Å². The topological polar surface area (TPSA) is 43.6 Å². The lowest BCUT2D eigenvalue weighted by Gasteiger charge is -2.04. The Bertz CT molecular complexity index is 661. The third-order valence-electron chi connectivity index (χ3n) is 2.81. The van der Waals surface area contributed by atoms with E-state index in [0.717, 1.165) is 17.0 Å². The van der Waals surface area contributed by atoms with E-state index >= 15 is 0 Å². The molecule has 0 bridgehead atoms. The Morgan fingerprint density at radius 2 is 1.68 bits per heavy atom. The Morgan fingerprint density at radius 3 is 2.42 bits per heavy atom. The largest absolute Gasteiger partial charge is 0.221 e. The van der Waals surface area contributed by atoms with E-state index < -0.39 is 0 Å². The molecule has 0 saturated heterocycles. The molecule has 1 heterocycles. The van der Waals surface area contributed by atoms with Crippen molar-refractivity contribution in [1.82, 2.24) is 20.2 Å². The quantitative estimate of drug-likeness (QED) is 0.735. The maximum absolute atomic E-state index is 5.88. The molecule has 0 N–H and O–H groups in total. The van der Waals surface area contributed by atoms with Gasteiger partial charge in [-0.25, -0.2) is 4.68 Å². The maximum Gasteiger partial charge on any atom is 0.182 e. The lowest BCUT2D eigenvalue weighted by molar-refractivity contribution is 0.653. The van der Waals surface area contributed by atoms with Crippen molar-refractivity contribution in [3.8, 4) is 11.4 Å². The summed E-state index contributed by atoms with van der Waals surface area (Å²) in [6, 6.07) is 17.6. The number of hydrogen-bond acceptors (Lipinski definition) is 3. The summed E-state index contributed by atoms with van der Waals surface area (Å²) in [5.74, 6) is 0.737. The minimum atomic E-state index is 0.645. The first kappa shape index (κ1) is 11.9. The maximum atomic E-state index is 5.88. The van der Waals surface area contributed by atoms with Crippen molar-refractivity contribution in [3.63, 3.8) is 0 Å². The van der Waals surface area contributed by atoms with E-state index in [1.54, 1.807) is 4.68 Å². The number of hydrogen-bond donors (Lipinski definition) is 0. The normalized spacial score (nSPS) is 10.6. The smallest absolute Gasteiger partial charge is 0.182 e. The van der Waals surface area contributed by atoms with Gasteiger partial charge in [0.25, 0.3) is 0 Å². The van der Waals surface area contributed by atoms with Crippen molar-refractivity contribution in [2.45, 2.75) is 6.54 Å². The summed E-state index contributed by atoms with van der Waals surface area (Å²) >= 11 is 5.88. The fourth-order valence-corrected chi connectivity index (χ4v) is 2.00. The van der Waals surface area contributed by atoms with Gasteiger partial charge in [-0.05, 0) is 40.3 Å². The molecule has 4 nitrogen and oxygen atoms in total. The summed E-state index contributed by atoms with van der Waals surface area (Å²) in [7, 11) is 0. The molecule has 0 saturated carbocycles. The molecule has 94 valence electrons. The Morgan fingerprint density at radius 1 is 0.947 bits per heavy atom. The van der Waals surface area contributed by atoms with Crippen molar-refractivity contribution in [2.24, 2.45) is 0 Å². The molecule has 0 aliphatic carbocycles. The molecular weight excluding hydrogens is 260 g/mol. The molecule has 0 amide bonds. The Hall–Kier alpha value is -2.20. The van der Waals surface area contributed by atoms with Gasteiger partial charge in [0, 0.05) is 10.6 Å². The number of nitrogens with zero attached hydrogens (tertiary/aromatic N) is 4. The standard InChI is InChI=1S/C14H11ClN4/c15-13-8-6-12(7-9-13)14-16-17-18-19(14)10-11-4-2-1-3-5-11/h1-9H,10H2. The fraction of sp³-hybridized carbons (Fsp3) is 0.0714. The van der Waals surface area contributed by atoms with Crippen molar-refractivity contribution >= 4 is 11.6 Å². The van der Waals surface area contributed by atoms with Crippen LogP contribution in [0.5, 0.6) is 0 Å². The van der Waals surface area contributed by atoms with E-state index in [1.807, 2.05) is 54.6 Å². The zero-order valence-electron chi connectivity index (χ0n) is 10.1. The van der Waals surface area contributed by atoms with Crippen LogP contribution in [-0.2, 0) is 6.54 Å². The van der Waals surface area contributed by atoms with Crippen molar-refractivity contribution < 1.29 is 0 Å². The number of tetrazole rings is 1. The second kappa shape index (κ2) is 5.20. The average Bonchev–Trinajstić information content (AvgIpc) is 2.89. The van der Waals surface area contributed by atoms with Crippen LogP contribution >= 0.6 is 11.6 Å². The minimum absolute atomic E-state index is 0.645. The molecule has 3 rings (SSSR count). The fourth-order valence-electron chi connectivity index (χ4n) is 1.87. The summed E-state index contributed by atoms with van der Waals surface area (Å²) in [6.07, 6.45) is 0. The van der Waals surface area contributed by atoms with Crippen molar-refractivity contribution in [1.29, 1.82) is 0 Å². The molecular formula is C14H11ClN4. The van der Waals surface area contributed by atoms with Gasteiger partial charge in [-0.1, -0.05) is 41.9 Å². The van der Waals surface area contributed by atoms with Gasteiger partial charge < -0.3 is 0 Å². The monoisotopic (exact) mass is 270 g/mol. The molecule has 0 spiro atoms. The van der Waals surface area contributed by atoms with Crippen LogP contribution in [-0.4, -0.2) is 20.2 Å². The van der Waals surface area contributed by atoms with Crippen LogP contribution in [0.2, 0.25) is 5.02 Å². The molecule has 2 aromatic carbocycles. The van der Waals surface area contributed by atoms with Crippen LogP contribution in [0.25, 0.3) is 11.4 Å². The first-order chi connectivity index (χ1) is 9.33. The van der Waals surface area contributed by atoms with Gasteiger partial charge in [0.05, 0.1) is 6.54 Å². The molecule has 0 aliphatic heterocycles. The summed E-state index contributed by atoms with van der Waals surface area (Å²) in [5.41, 5.74) is 2.11. The first-order valence-electron chi connectivity index (χ1n) is 5.89. The summed E-state index contributed by atoms with van der Waals surface area (Å²) in [4.78, 5) is 0. The Kier molecular flexibility index (Phi) is 3.25. The molecule has 1 aromatic heterocycles. The zero-order valence-corrected chi connectivity index (χ0v) is 10.8. The predicted octanol–water partition coefficient (Wildman–Crippen LogP) is 3.04. The highest BCUT2D eigenvalue weighted by Gasteiger charge is 2.08. The van der Waals surface area contributed by atoms with E-state index in [9.17, 15) is 0 Å². The molecule has 0 unspecified atom stereocenters. The highest BCUT2D eigenvalue weighted by atomic mass is 35.5. The summed E-state index contributed by atoms with van der Waals surface area (Å²) < 4.78 is 1.78. The van der Waals surface area contributed by atoms with Gasteiger partial charge in [0.15, 0.2) is 5.82 Å². The molecule has 0 radical (unpaired) electrons. The lowest BCUT2D eigenvalue weighted by atomic mass is 10.2. The average molecular weight is 271 g/mol. The van der Waals surface area contributed by atoms with Crippen LogP contribution in [0.3, 0.4) is 0 Å². The summed E-state index contributed by atoms with van der Waals surface area (Å²) in [5, 5.41) is 12.6. The van der Waals surface area contributed by atoms with Crippen LogP contribution in [0, 0.1) is 0 Å². The molecule has 19 heavy (non-hydrogen) atoms. The number of halogens is 1. The van der Waals surface area contributed by atoms with E-state index in [4.69, 9.17) is 11.6 Å². The second-order valence-corrected chi connectivity index (χ2v) is 4.59. The zero-order chi connectivity index (χ0) is 13.1. The third-order valence-corrected chi connectivity index (χ3v) is 3.06. The second-order valence-electron chi connectivity index (χ2n) is 4.15. The van der Waals surface area contributed by atoms with Crippen LogP contribution in [0.4, 0.5) is 0 Å². The molecule has 0 fully saturated rings. The van der Waals surface area contributed by atoms with Crippen molar-refractivity contribution in [2.75, 3.05) is 0 Å². The van der Waals surface area contributed by atoms with Gasteiger partial charge in [-0.15, -0.1) is 5.10 Å². The van der Waals surface area contributed by atoms with Crippen molar-refractivity contribution in [3.05, 3.63) is 65.2 Å². The van der Waals surface area contributed by atoms with Gasteiger partial charge >= 0.3 is 0 Å². The third kappa shape index (κ3) is 2.63. The predicted molar refractivity (Wildman–Crippen MR) is 73.8 cm³/mol. The molecule has 0 aliphatic rings. The number of rotatable bonds is 3. The Labute approximate surface area is 115 Å². The van der Waals surface area contributed by atoms with E-state index in [-0.39, 0.29) is 0 Å². The van der Waals surface area contributed by atoms with Crippen LogP contribution < -0.4 is 0 Å². The lowest BCUT2D eigenvalue weighted by Crippen LogP contribution is -2.04. The molecule has 0 atom stereocenters. The van der Waals surface area contributed by atoms with E-state index in [1.165, 1.54) is 0 Å². The SMILES string of the molecule is Clc1ccc(-c2nnnn2Cc2ccccc2)cc1. The van der Waals surface area contributed by atoms with E-state index in [2.05, 4.69) is 15.5 Å². The minimum Gasteiger partial charge on any atom is -0.221 e. The highest BCUT2D eigenvalue weighted by molar-refractivity contribution is 6.30. The highest BCUT2D eigenvalue weighted by Crippen LogP contribution is 2.19. The number of aromatic nitrogens is 4. The first-order valence-corrected chi connectivity index (χ1v) is 6.27. The number of benzene rings is 2. The summed E-state index contributed by atoms with van der Waals surface area (Å²) in [6.45, 7) is 0.645. The van der Waals surface area contributed by atoms with Gasteiger partial charge in [0.2, 0.25) is 0 Å². The Balaban J connectivity index is 1.92. The van der Waals surface area contributed by atoms with Gasteiger partial charge in [-0.2, -0.15) is 0 Å². The molecule has 3 aromatic rings.